The van der Waals surface area contributed by atoms with Gasteiger partial charge in [-0.1, -0.05) is 18.2 Å². The number of thiazole rings is 1. The van der Waals surface area contributed by atoms with Crippen LogP contribution >= 0.6 is 11.3 Å². The molecule has 1 saturated heterocycles. The molecule has 2 aromatic rings. The summed E-state index contributed by atoms with van der Waals surface area (Å²) in [4.78, 5) is 9.65. The molecule has 0 saturated carbocycles. The second kappa shape index (κ2) is 6.56. The topological polar surface area (TPSA) is 45.4 Å². The minimum atomic E-state index is 0.799. The molecular weight excluding hydrogens is 280 g/mol. The molecule has 0 radical (unpaired) electrons. The summed E-state index contributed by atoms with van der Waals surface area (Å²) < 4.78 is 0. The zero-order valence-corrected chi connectivity index (χ0v) is 13.3. The molecule has 1 aromatic carbocycles. The average molecular weight is 302 g/mol. The third-order valence-electron chi connectivity index (χ3n) is 4.03. The Hall–Kier alpha value is -1.43. The van der Waals surface area contributed by atoms with Crippen LogP contribution < -0.4 is 5.73 Å². The van der Waals surface area contributed by atoms with Gasteiger partial charge in [0.05, 0.1) is 10.7 Å². The quantitative estimate of drug-likeness (QED) is 0.879. The fourth-order valence-corrected chi connectivity index (χ4v) is 3.39. The summed E-state index contributed by atoms with van der Waals surface area (Å²) in [5.41, 5.74) is 8.86. The maximum atomic E-state index is 6.02. The number of rotatable bonds is 4. The zero-order valence-electron chi connectivity index (χ0n) is 12.5. The van der Waals surface area contributed by atoms with Gasteiger partial charge in [0.1, 0.15) is 0 Å². The molecule has 112 valence electrons. The van der Waals surface area contributed by atoms with Gasteiger partial charge in [0.2, 0.25) is 0 Å². The molecule has 1 aliphatic rings. The van der Waals surface area contributed by atoms with Crippen molar-refractivity contribution in [3.8, 4) is 11.3 Å². The van der Waals surface area contributed by atoms with Gasteiger partial charge >= 0.3 is 0 Å². The van der Waals surface area contributed by atoms with Gasteiger partial charge in [-0.2, -0.15) is 0 Å². The molecule has 0 bridgehead atoms. The highest BCUT2D eigenvalue weighted by atomic mass is 32.1. The number of nitrogens with zero attached hydrogens (tertiary/aromatic N) is 3. The smallest absolute Gasteiger partial charge is 0.0945 e. The fraction of sp³-hybridized carbons (Fsp3) is 0.438. The van der Waals surface area contributed by atoms with Crippen LogP contribution in [0.1, 0.15) is 5.01 Å². The van der Waals surface area contributed by atoms with Crippen molar-refractivity contribution in [3.63, 3.8) is 0 Å². The van der Waals surface area contributed by atoms with E-state index < -0.39 is 0 Å². The number of nitrogens with two attached hydrogens (primary N) is 1. The zero-order chi connectivity index (χ0) is 14.7. The van der Waals surface area contributed by atoms with Crippen LogP contribution in [0.3, 0.4) is 0 Å². The number of likely N-dealkylation sites (N-methyl/N-ethyl adjacent to an activating group) is 1. The lowest BCUT2D eigenvalue weighted by Crippen LogP contribution is -2.45. The summed E-state index contributed by atoms with van der Waals surface area (Å²) >= 11 is 1.74. The Morgan fingerprint density at radius 2 is 1.95 bits per heavy atom. The molecule has 0 spiro atoms. The standard InChI is InChI=1S/C16H22N4S/c1-19-8-10-20(11-9-19)7-6-16-18-15(12-21-16)13-4-2-3-5-14(13)17/h2-5,12H,6-11,17H2,1H3. The Morgan fingerprint density at radius 3 is 2.71 bits per heavy atom. The average Bonchev–Trinajstić information content (AvgIpc) is 2.96. The van der Waals surface area contributed by atoms with Crippen molar-refractivity contribution in [1.82, 2.24) is 14.8 Å². The maximum absolute atomic E-state index is 6.02. The number of hydrogen-bond donors (Lipinski definition) is 1. The molecule has 4 nitrogen and oxygen atoms in total. The SMILES string of the molecule is CN1CCN(CCc2nc(-c3ccccc3N)cs2)CC1. The Kier molecular flexibility index (Phi) is 4.53. The van der Waals surface area contributed by atoms with E-state index in [4.69, 9.17) is 10.7 Å². The molecule has 0 amide bonds. The number of benzene rings is 1. The van der Waals surface area contributed by atoms with Crippen molar-refractivity contribution >= 4 is 17.0 Å². The Labute approximate surface area is 130 Å². The summed E-state index contributed by atoms with van der Waals surface area (Å²) in [5, 5.41) is 3.32. The lowest BCUT2D eigenvalue weighted by Gasteiger charge is -2.32. The van der Waals surface area contributed by atoms with Crippen LogP contribution in [0, 0.1) is 0 Å². The molecule has 2 N–H and O–H groups in total. The largest absolute Gasteiger partial charge is 0.398 e. The van der Waals surface area contributed by atoms with E-state index in [0.29, 0.717) is 0 Å². The molecule has 0 aliphatic carbocycles. The van der Waals surface area contributed by atoms with Gasteiger partial charge < -0.3 is 15.5 Å². The van der Waals surface area contributed by atoms with E-state index in [9.17, 15) is 0 Å². The first-order valence-electron chi connectivity index (χ1n) is 7.42. The highest BCUT2D eigenvalue weighted by Gasteiger charge is 2.14. The van der Waals surface area contributed by atoms with Gasteiger partial charge in [-0.3, -0.25) is 0 Å². The van der Waals surface area contributed by atoms with Crippen LogP contribution in [0.15, 0.2) is 29.6 Å². The van der Waals surface area contributed by atoms with Crippen LogP contribution in [0.25, 0.3) is 11.3 Å². The lowest BCUT2D eigenvalue weighted by atomic mass is 10.1. The number of piperazine rings is 1. The van der Waals surface area contributed by atoms with E-state index in [1.54, 1.807) is 11.3 Å². The lowest BCUT2D eigenvalue weighted by molar-refractivity contribution is 0.155. The van der Waals surface area contributed by atoms with E-state index in [2.05, 4.69) is 22.2 Å². The summed E-state index contributed by atoms with van der Waals surface area (Å²) in [6.07, 6.45) is 1.03. The molecule has 1 aliphatic heterocycles. The van der Waals surface area contributed by atoms with Gasteiger partial charge in [-0.25, -0.2) is 4.98 Å². The molecular formula is C16H22N4S. The van der Waals surface area contributed by atoms with Gasteiger partial charge in [0, 0.05) is 55.8 Å². The first kappa shape index (κ1) is 14.5. The van der Waals surface area contributed by atoms with Crippen molar-refractivity contribution in [2.45, 2.75) is 6.42 Å². The molecule has 0 unspecified atom stereocenters. The van der Waals surface area contributed by atoms with Crippen molar-refractivity contribution in [3.05, 3.63) is 34.7 Å². The van der Waals surface area contributed by atoms with Crippen LogP contribution in [0.5, 0.6) is 0 Å². The van der Waals surface area contributed by atoms with Gasteiger partial charge in [-0.05, 0) is 13.1 Å². The normalized spacial score (nSPS) is 17.2. The number of anilines is 1. The van der Waals surface area contributed by atoms with E-state index in [1.807, 2.05) is 24.3 Å². The summed E-state index contributed by atoms with van der Waals surface area (Å²) in [5.74, 6) is 0. The first-order chi connectivity index (χ1) is 10.2. The Bertz CT molecular complexity index is 587. The second-order valence-corrected chi connectivity index (χ2v) is 6.55. The monoisotopic (exact) mass is 302 g/mol. The predicted molar refractivity (Wildman–Crippen MR) is 89.6 cm³/mol. The van der Waals surface area contributed by atoms with E-state index in [-0.39, 0.29) is 0 Å². The van der Waals surface area contributed by atoms with Gasteiger partial charge in [-0.15, -0.1) is 11.3 Å². The van der Waals surface area contributed by atoms with Gasteiger partial charge in [0.15, 0.2) is 0 Å². The molecule has 0 atom stereocenters. The number of nitrogen functional groups attached to an aromatic ring is 1. The first-order valence-corrected chi connectivity index (χ1v) is 8.30. The maximum Gasteiger partial charge on any atom is 0.0945 e. The van der Waals surface area contributed by atoms with E-state index in [0.717, 1.165) is 29.9 Å². The van der Waals surface area contributed by atoms with Crippen LogP contribution in [0.4, 0.5) is 5.69 Å². The third kappa shape index (κ3) is 3.61. The fourth-order valence-electron chi connectivity index (χ4n) is 2.60. The van der Waals surface area contributed by atoms with Crippen LogP contribution in [-0.2, 0) is 6.42 Å². The Morgan fingerprint density at radius 1 is 1.19 bits per heavy atom. The van der Waals surface area contributed by atoms with Crippen molar-refractivity contribution in [2.75, 3.05) is 45.5 Å². The number of aromatic nitrogens is 1. The third-order valence-corrected chi connectivity index (χ3v) is 4.93. The summed E-state index contributed by atoms with van der Waals surface area (Å²) in [6, 6.07) is 7.93. The molecule has 21 heavy (non-hydrogen) atoms. The van der Waals surface area contributed by atoms with Crippen molar-refractivity contribution < 1.29 is 0 Å². The highest BCUT2D eigenvalue weighted by Crippen LogP contribution is 2.27. The highest BCUT2D eigenvalue weighted by molar-refractivity contribution is 7.09. The van der Waals surface area contributed by atoms with Crippen molar-refractivity contribution in [2.24, 2.45) is 0 Å². The minimum absolute atomic E-state index is 0.799. The van der Waals surface area contributed by atoms with Gasteiger partial charge in [0.25, 0.3) is 0 Å². The van der Waals surface area contributed by atoms with E-state index >= 15 is 0 Å². The summed E-state index contributed by atoms with van der Waals surface area (Å²) in [6.45, 7) is 5.78. The molecule has 1 aromatic heterocycles. The predicted octanol–water partition coefficient (Wildman–Crippen LogP) is 2.18. The Balaban J connectivity index is 1.59. The second-order valence-electron chi connectivity index (χ2n) is 5.61. The van der Waals surface area contributed by atoms with Crippen LogP contribution in [0.2, 0.25) is 0 Å². The molecule has 5 heteroatoms. The minimum Gasteiger partial charge on any atom is -0.398 e. The van der Waals surface area contributed by atoms with Crippen molar-refractivity contribution in [1.29, 1.82) is 0 Å². The van der Waals surface area contributed by atoms with E-state index in [1.165, 1.54) is 31.2 Å². The molecule has 3 rings (SSSR count). The number of para-hydroxylation sites is 1. The summed E-state index contributed by atoms with van der Waals surface area (Å²) in [7, 11) is 2.19. The van der Waals surface area contributed by atoms with Crippen LogP contribution in [-0.4, -0.2) is 54.6 Å². The molecule has 2 heterocycles. The molecule has 1 fully saturated rings. The number of hydrogen-bond acceptors (Lipinski definition) is 5.